The Labute approximate surface area is 501 Å². The number of fused-ring (bicyclic) bond motifs is 4. The van der Waals surface area contributed by atoms with Gasteiger partial charge in [0.15, 0.2) is 57.8 Å². The molecule has 0 aliphatic carbocycles. The number of hydrogen-bond acceptors (Lipinski definition) is 19. The van der Waals surface area contributed by atoms with Crippen molar-refractivity contribution in [2.75, 3.05) is 68.9 Å². The van der Waals surface area contributed by atoms with Crippen LogP contribution in [-0.2, 0) is 40.1 Å². The van der Waals surface area contributed by atoms with E-state index in [0.29, 0.717) is 40.6 Å². The highest BCUT2D eigenvalue weighted by Gasteiger charge is 2.67. The highest BCUT2D eigenvalue weighted by atomic mass is 28.5. The van der Waals surface area contributed by atoms with Crippen molar-refractivity contribution in [2.45, 2.75) is 243 Å². The van der Waals surface area contributed by atoms with Crippen LogP contribution >= 0.6 is 0 Å². The van der Waals surface area contributed by atoms with Crippen LogP contribution in [0.15, 0.2) is 12.7 Å². The van der Waals surface area contributed by atoms with Crippen molar-refractivity contribution in [1.29, 1.82) is 0 Å². The van der Waals surface area contributed by atoms with Gasteiger partial charge in [-0.1, -0.05) is 131 Å². The molecule has 8 rings (SSSR count). The summed E-state index contributed by atoms with van der Waals surface area (Å²) < 4.78 is 98.2. The van der Waals surface area contributed by atoms with Gasteiger partial charge in [0.25, 0.3) is 0 Å². The first-order valence-electron chi connectivity index (χ1n) is 30.3. The number of aromatic nitrogens is 8. The van der Waals surface area contributed by atoms with Gasteiger partial charge in [-0.25, -0.2) is 23.5 Å². The fourth-order valence-electron chi connectivity index (χ4n) is 12.8. The number of anilines is 4. The van der Waals surface area contributed by atoms with Gasteiger partial charge in [-0.3, -0.25) is 14.5 Å². The van der Waals surface area contributed by atoms with Crippen molar-refractivity contribution >= 4 is 86.2 Å². The van der Waals surface area contributed by atoms with Gasteiger partial charge >= 0.3 is 40.3 Å². The zero-order valence-electron chi connectivity index (χ0n) is 54.4. The van der Waals surface area contributed by atoms with Gasteiger partial charge in [-0.2, -0.15) is 19.9 Å². The number of ether oxygens (including phenoxy) is 3. The minimum absolute atomic E-state index is 0.0201. The maximum Gasteiger partial charge on any atom is 0.414 e. The maximum atomic E-state index is 17.4. The van der Waals surface area contributed by atoms with Gasteiger partial charge in [0.2, 0.25) is 11.9 Å². The van der Waals surface area contributed by atoms with Crippen molar-refractivity contribution in [3.8, 4) is 0 Å². The van der Waals surface area contributed by atoms with Crippen molar-refractivity contribution in [1.82, 2.24) is 39.0 Å². The van der Waals surface area contributed by atoms with Gasteiger partial charge < -0.3 is 55.7 Å². The van der Waals surface area contributed by atoms with E-state index in [1.807, 2.05) is 28.2 Å². The fraction of sp³-hybridized carbons (Fsp3) is 0.804. The summed E-state index contributed by atoms with van der Waals surface area (Å²) in [6, 6.07) is 0. The molecule has 4 aliphatic rings. The lowest BCUT2D eigenvalue weighted by Crippen LogP contribution is -2.66. The summed E-state index contributed by atoms with van der Waals surface area (Å²) in [6.07, 6.45) is -0.223. The zero-order valence-corrected chi connectivity index (χ0v) is 58.4. The number of amides is 1. The Bertz CT molecular complexity index is 2860. The molecule has 0 spiro atoms. The molecule has 84 heavy (non-hydrogen) atoms. The molecule has 4 aromatic heterocycles. The smallest absolute Gasteiger partial charge is 0.414 e. The van der Waals surface area contributed by atoms with E-state index in [1.165, 1.54) is 20.2 Å². The third-order valence-electron chi connectivity index (χ3n) is 17.4. The summed E-state index contributed by atoms with van der Waals surface area (Å²) in [4.78, 5) is 43.0. The Balaban J connectivity index is 0.000000245. The molecular formula is C56H100F2N12O10Si4. The molecular weight excluding hydrogens is 1150 g/mol. The molecule has 0 unspecified atom stereocenters. The number of halogens is 2. The average molecular weight is 1250 g/mol. The van der Waals surface area contributed by atoms with Crippen molar-refractivity contribution in [2.24, 2.45) is 0 Å². The number of hydrogen-bond donors (Lipinski definition) is 2. The van der Waals surface area contributed by atoms with Crippen LogP contribution < -0.4 is 20.9 Å². The number of carbonyl (C=O) groups is 1. The topological polar surface area (TPSA) is 232 Å². The standard InChI is InChI=1S/C31H55FN6O6Si2.C25H45FN6O4Si2/c1-13-14-15-16-40-30(39)36-29-34-26(37(11)12)24-27(35-29)38(18-33-24)28-31(10,32)25-23(42-28)17-41-45(19(2)3,20(4)5)44-46(43-25,21(6)7)22(8)9;1-14(2)37(15(3)4)33-12-18-20(35-38(36-37,16(5)6)17(7)8)25(9,26)23(34-18)32-13-28-19-21(31(10)11)29-24(27)30-22(19)32/h18-23,25,28H,13-17H2,1-12H3,(H,34,35,36,39);13-18,20,23H,12H2,1-11H3,(H2,27,29,30)/t23-,25-,28-,31-;18-,20-,23-,25-/m11/s1. The second kappa shape index (κ2) is 25.7. The maximum absolute atomic E-state index is 17.4. The van der Waals surface area contributed by atoms with E-state index >= 15 is 8.78 Å². The van der Waals surface area contributed by atoms with Gasteiger partial charge in [0, 0.05) is 28.2 Å². The zero-order chi connectivity index (χ0) is 62.6. The largest absolute Gasteiger partial charge is 0.449 e. The Morgan fingerprint density at radius 3 is 1.38 bits per heavy atom. The van der Waals surface area contributed by atoms with E-state index in [1.54, 1.807) is 25.3 Å². The first kappa shape index (κ1) is 67.7. The second-order valence-corrected chi connectivity index (χ2v) is 44.3. The molecule has 1 amide bonds. The number of carbonyl (C=O) groups excluding carboxylic acids is 1. The minimum atomic E-state index is -3.09. The Morgan fingerprint density at radius 2 is 1.01 bits per heavy atom. The van der Waals surface area contributed by atoms with Crippen molar-refractivity contribution in [3.63, 3.8) is 0 Å². The molecule has 3 N–H and O–H groups in total. The fourth-order valence-corrected chi connectivity index (χ4v) is 35.3. The molecule has 0 bridgehead atoms. The molecule has 0 aromatic carbocycles. The number of rotatable bonds is 17. The molecule has 8 atom stereocenters. The average Bonchev–Trinajstić information content (AvgIpc) is 1.74. The normalized spacial score (nSPS) is 27.5. The van der Waals surface area contributed by atoms with E-state index in [2.05, 4.69) is 153 Å². The number of nitrogens with zero attached hydrogens (tertiary/aromatic N) is 10. The van der Waals surface area contributed by atoms with Gasteiger partial charge in [-0.15, -0.1) is 0 Å². The molecule has 0 radical (unpaired) electrons. The van der Waals surface area contributed by atoms with Crippen LogP contribution in [0.1, 0.15) is 163 Å². The molecule has 28 heteroatoms. The number of imidazole rings is 2. The predicted octanol–water partition coefficient (Wildman–Crippen LogP) is 12.3. The summed E-state index contributed by atoms with van der Waals surface area (Å²) in [7, 11) is -4.40. The third kappa shape index (κ3) is 12.3. The lowest BCUT2D eigenvalue weighted by Gasteiger charge is -2.51. The Morgan fingerprint density at radius 1 is 0.631 bits per heavy atom. The van der Waals surface area contributed by atoms with Crippen LogP contribution in [0.2, 0.25) is 44.3 Å². The molecule has 4 saturated heterocycles. The van der Waals surface area contributed by atoms with Crippen LogP contribution in [0, 0.1) is 0 Å². The Hall–Kier alpha value is -3.82. The number of nitrogen functional groups attached to an aromatic ring is 1. The van der Waals surface area contributed by atoms with Crippen LogP contribution in [0.25, 0.3) is 22.3 Å². The van der Waals surface area contributed by atoms with Gasteiger partial charge in [0.05, 0.1) is 32.5 Å². The summed E-state index contributed by atoms with van der Waals surface area (Å²) in [5.74, 6) is 1.11. The number of alkyl halides is 2. The van der Waals surface area contributed by atoms with Gasteiger partial charge in [0.1, 0.15) is 24.4 Å². The summed E-state index contributed by atoms with van der Waals surface area (Å²) >= 11 is 0. The second-order valence-electron chi connectivity index (χ2n) is 26.6. The first-order chi connectivity index (χ1) is 39.1. The summed E-state index contributed by atoms with van der Waals surface area (Å²) in [6.45, 7) is 39.9. The summed E-state index contributed by atoms with van der Waals surface area (Å²) in [5, 5.41) is 2.63. The third-order valence-corrected chi connectivity index (χ3v) is 37.8. The first-order valence-corrected chi connectivity index (χ1v) is 38.2. The highest BCUT2D eigenvalue weighted by molar-refractivity contribution is 6.84. The monoisotopic (exact) mass is 1250 g/mol. The minimum Gasteiger partial charge on any atom is -0.449 e. The summed E-state index contributed by atoms with van der Waals surface area (Å²) in [5.41, 5.74) is 4.65. The van der Waals surface area contributed by atoms with E-state index in [4.69, 9.17) is 45.9 Å². The molecule has 8 heterocycles. The van der Waals surface area contributed by atoms with E-state index < -0.39 is 88.5 Å². The number of unbranched alkanes of at least 4 members (excludes halogenated alkanes) is 2. The van der Waals surface area contributed by atoms with Crippen LogP contribution in [0.4, 0.5) is 37.1 Å². The molecule has 4 aliphatic heterocycles. The van der Waals surface area contributed by atoms with E-state index in [-0.39, 0.29) is 69.4 Å². The molecule has 22 nitrogen and oxygen atoms in total. The van der Waals surface area contributed by atoms with Crippen LogP contribution in [0.3, 0.4) is 0 Å². The lowest BCUT2D eigenvalue weighted by molar-refractivity contribution is -0.0594. The molecule has 474 valence electrons. The quantitative estimate of drug-likeness (QED) is 0.0739. The SMILES string of the molecule is CC(C)[Si]1(C(C)C)OC[C@H]2O[C@@H](n3cnc4c(N(C)C)nc(N)nc43)[C@](C)(F)[C@@H]2O[Si](C(C)C)(C(C)C)O1.CCCCCOC(=O)Nc1nc(N(C)C)c2ncn([C@@H]3O[C@@H]4CO[Si](C(C)C)(C(C)C)O[Si](C(C)C)(C(C)C)O[C@H]4[C@@]3(C)F)c2n1. The number of nitrogens with two attached hydrogens (primary N) is 1. The van der Waals surface area contributed by atoms with Gasteiger partial charge in [-0.05, 0) is 64.6 Å². The lowest BCUT2D eigenvalue weighted by atomic mass is 9.98. The van der Waals surface area contributed by atoms with Crippen LogP contribution in [-0.4, -0.2) is 163 Å². The number of nitrogens with one attached hydrogen (secondary N) is 1. The predicted molar refractivity (Wildman–Crippen MR) is 333 cm³/mol. The van der Waals surface area contributed by atoms with Crippen molar-refractivity contribution < 1.29 is 53.7 Å². The molecule has 4 aromatic rings. The van der Waals surface area contributed by atoms with Crippen LogP contribution in [0.5, 0.6) is 0 Å². The molecule has 4 fully saturated rings. The van der Waals surface area contributed by atoms with E-state index in [9.17, 15) is 4.79 Å². The van der Waals surface area contributed by atoms with Crippen molar-refractivity contribution in [3.05, 3.63) is 12.7 Å². The van der Waals surface area contributed by atoms with E-state index in [0.717, 1.165) is 19.3 Å². The highest BCUT2D eigenvalue weighted by Crippen LogP contribution is 2.54. The molecule has 0 saturated carbocycles. The Kier molecular flexibility index (Phi) is 20.7.